The molecule has 172 valence electrons. The molecular weight excluding hydrogens is 415 g/mol. The fourth-order valence-corrected chi connectivity index (χ4v) is 3.86. The van der Waals surface area contributed by atoms with Crippen molar-refractivity contribution >= 4 is 14.4 Å². The minimum atomic E-state index is -4.51. The largest absolute Gasteiger partial charge is 0.465 e. The lowest BCUT2D eigenvalue weighted by molar-refractivity contribution is -0.137. The molecule has 0 heterocycles. The third-order valence-corrected chi connectivity index (χ3v) is 10.1. The van der Waals surface area contributed by atoms with Crippen LogP contribution in [0.1, 0.15) is 58.7 Å². The third-order valence-electron chi connectivity index (χ3n) is 5.57. The van der Waals surface area contributed by atoms with E-state index < -0.39 is 43.8 Å². The number of rotatable bonds is 6. The number of amides is 1. The number of hydrogen-bond acceptors (Lipinski definition) is 3. The molecule has 0 radical (unpaired) electrons. The second-order valence-electron chi connectivity index (χ2n) is 10.0. The highest BCUT2D eigenvalue weighted by Gasteiger charge is 2.42. The van der Waals surface area contributed by atoms with Crippen molar-refractivity contribution in [1.29, 1.82) is 0 Å². The molecule has 5 nitrogen and oxygen atoms in total. The van der Waals surface area contributed by atoms with Crippen LogP contribution in [0.25, 0.3) is 0 Å². The lowest BCUT2D eigenvalue weighted by atomic mass is 9.94. The minimum Gasteiger partial charge on any atom is -0.465 e. The van der Waals surface area contributed by atoms with Gasteiger partial charge in [-0.15, -0.1) is 0 Å². The van der Waals surface area contributed by atoms with Crippen LogP contribution in [0.4, 0.5) is 18.0 Å². The Hall–Kier alpha value is -1.58. The number of carboxylic acid groups (broad SMARTS) is 1. The molecule has 0 aliphatic carbocycles. The maximum atomic E-state index is 12.9. The van der Waals surface area contributed by atoms with Gasteiger partial charge < -0.3 is 14.6 Å². The molecule has 0 unspecified atom stereocenters. The van der Waals surface area contributed by atoms with E-state index in [0.29, 0.717) is 0 Å². The summed E-state index contributed by atoms with van der Waals surface area (Å²) in [5.41, 5.74) is -1.47. The quantitative estimate of drug-likeness (QED) is 0.530. The molecule has 2 N–H and O–H groups in total. The molecule has 1 aromatic rings. The van der Waals surface area contributed by atoms with Crippen LogP contribution in [0.3, 0.4) is 0 Å². The number of hydrogen-bond donors (Lipinski definition) is 2. The van der Waals surface area contributed by atoms with Crippen LogP contribution in [0, 0.1) is 0 Å². The van der Waals surface area contributed by atoms with Crippen molar-refractivity contribution in [2.45, 2.75) is 83.5 Å². The standard InChI is InChI=1S/C21H34F3NO4Si/c1-19(2,3)25(18(27)28)17(14-9-11-15(12-10-14)21(22,23)24)16(26)13-29-30(7,8)20(4,5)6/h9-12,16-17,26H,13H2,1-8H3,(H,27,28)/t16-,17+/m0/s1. The number of aliphatic hydroxyl groups excluding tert-OH is 1. The summed E-state index contributed by atoms with van der Waals surface area (Å²) in [7, 11) is -2.23. The molecule has 0 saturated carbocycles. The highest BCUT2D eigenvalue weighted by molar-refractivity contribution is 6.74. The Kier molecular flexibility index (Phi) is 7.83. The van der Waals surface area contributed by atoms with Crippen molar-refractivity contribution in [2.24, 2.45) is 0 Å². The highest BCUT2D eigenvalue weighted by atomic mass is 28.4. The molecule has 1 rings (SSSR count). The number of aliphatic hydroxyl groups is 1. The van der Waals surface area contributed by atoms with Crippen molar-refractivity contribution < 1.29 is 32.6 Å². The number of alkyl halides is 3. The highest BCUT2D eigenvalue weighted by Crippen LogP contribution is 2.38. The van der Waals surface area contributed by atoms with E-state index in [9.17, 15) is 28.2 Å². The van der Waals surface area contributed by atoms with Gasteiger partial charge in [0.2, 0.25) is 0 Å². The van der Waals surface area contributed by atoms with Gasteiger partial charge in [0, 0.05) is 5.54 Å². The first-order valence-electron chi connectivity index (χ1n) is 9.80. The fraction of sp³-hybridized carbons (Fsp3) is 0.667. The fourth-order valence-electron chi connectivity index (χ4n) is 2.84. The zero-order valence-corrected chi connectivity index (χ0v) is 20.0. The molecule has 0 bridgehead atoms. The van der Waals surface area contributed by atoms with Crippen LogP contribution in [-0.4, -0.2) is 47.8 Å². The first-order chi connectivity index (χ1) is 13.3. The van der Waals surface area contributed by atoms with Gasteiger partial charge in [0.25, 0.3) is 0 Å². The zero-order chi connectivity index (χ0) is 23.7. The Balaban J connectivity index is 3.35. The summed E-state index contributed by atoms with van der Waals surface area (Å²) in [5.74, 6) is 0. The van der Waals surface area contributed by atoms with E-state index in [0.717, 1.165) is 17.0 Å². The van der Waals surface area contributed by atoms with Gasteiger partial charge in [-0.05, 0) is 56.6 Å². The van der Waals surface area contributed by atoms with Crippen molar-refractivity contribution in [3.8, 4) is 0 Å². The SMILES string of the molecule is CC(C)(C)N(C(=O)O)[C@H](c1ccc(C(F)(F)F)cc1)[C@@H](O)CO[Si](C)(C)C(C)(C)C. The predicted octanol–water partition coefficient (Wildman–Crippen LogP) is 5.91. The van der Waals surface area contributed by atoms with E-state index in [4.69, 9.17) is 4.43 Å². The van der Waals surface area contributed by atoms with Crippen molar-refractivity contribution in [3.63, 3.8) is 0 Å². The van der Waals surface area contributed by atoms with E-state index >= 15 is 0 Å². The number of nitrogens with zero attached hydrogens (tertiary/aromatic N) is 1. The smallest absolute Gasteiger partial charge is 0.416 e. The van der Waals surface area contributed by atoms with Gasteiger partial charge in [-0.3, -0.25) is 4.90 Å². The Morgan fingerprint density at radius 1 is 1.07 bits per heavy atom. The molecular formula is C21H34F3NO4Si. The van der Waals surface area contributed by atoms with E-state index in [1.165, 1.54) is 12.1 Å². The normalized spacial score (nSPS) is 15.6. The lowest BCUT2D eigenvalue weighted by Crippen LogP contribution is -2.52. The van der Waals surface area contributed by atoms with Crippen LogP contribution in [-0.2, 0) is 10.6 Å². The predicted molar refractivity (Wildman–Crippen MR) is 113 cm³/mol. The molecule has 30 heavy (non-hydrogen) atoms. The summed E-state index contributed by atoms with van der Waals surface area (Å²) in [6, 6.07) is 3.13. The molecule has 1 aromatic carbocycles. The lowest BCUT2D eigenvalue weighted by Gasteiger charge is -2.43. The molecule has 2 atom stereocenters. The summed E-state index contributed by atoms with van der Waals surface area (Å²) in [6.07, 6.45) is -7.04. The Bertz CT molecular complexity index is 722. The van der Waals surface area contributed by atoms with E-state index in [1.807, 2.05) is 33.9 Å². The van der Waals surface area contributed by atoms with Crippen molar-refractivity contribution in [3.05, 3.63) is 35.4 Å². The summed E-state index contributed by atoms with van der Waals surface area (Å²) in [6.45, 7) is 15.0. The topological polar surface area (TPSA) is 70.0 Å². The molecule has 0 fully saturated rings. The Morgan fingerprint density at radius 2 is 1.53 bits per heavy atom. The molecule has 9 heteroatoms. The second-order valence-corrected chi connectivity index (χ2v) is 14.8. The molecule has 0 spiro atoms. The zero-order valence-electron chi connectivity index (χ0n) is 19.0. The number of halogens is 3. The van der Waals surface area contributed by atoms with Gasteiger partial charge in [-0.2, -0.15) is 13.2 Å². The van der Waals surface area contributed by atoms with Crippen LogP contribution in [0.5, 0.6) is 0 Å². The third kappa shape index (κ3) is 6.46. The summed E-state index contributed by atoms with van der Waals surface area (Å²) in [5, 5.41) is 20.7. The van der Waals surface area contributed by atoms with Crippen LogP contribution >= 0.6 is 0 Å². The van der Waals surface area contributed by atoms with Gasteiger partial charge in [-0.25, -0.2) is 4.79 Å². The van der Waals surface area contributed by atoms with Crippen molar-refractivity contribution in [2.75, 3.05) is 6.61 Å². The summed E-state index contributed by atoms with van der Waals surface area (Å²) in [4.78, 5) is 13.1. The van der Waals surface area contributed by atoms with E-state index in [-0.39, 0.29) is 17.2 Å². The summed E-state index contributed by atoms with van der Waals surface area (Å²) >= 11 is 0. The Morgan fingerprint density at radius 3 is 1.87 bits per heavy atom. The maximum absolute atomic E-state index is 12.9. The average molecular weight is 450 g/mol. The molecule has 0 saturated heterocycles. The Labute approximate surface area is 178 Å². The monoisotopic (exact) mass is 449 g/mol. The van der Waals surface area contributed by atoms with E-state index in [1.54, 1.807) is 20.8 Å². The van der Waals surface area contributed by atoms with E-state index in [2.05, 4.69) is 0 Å². The molecule has 0 aliphatic rings. The number of benzene rings is 1. The van der Waals surface area contributed by atoms with Crippen LogP contribution in [0.15, 0.2) is 24.3 Å². The van der Waals surface area contributed by atoms with Gasteiger partial charge in [-0.1, -0.05) is 32.9 Å². The second kappa shape index (κ2) is 8.88. The van der Waals surface area contributed by atoms with Crippen molar-refractivity contribution in [1.82, 2.24) is 4.90 Å². The van der Waals surface area contributed by atoms with Gasteiger partial charge in [0.15, 0.2) is 8.32 Å². The number of carbonyl (C=O) groups is 1. The molecule has 0 aliphatic heterocycles. The summed E-state index contributed by atoms with van der Waals surface area (Å²) < 4.78 is 44.9. The molecule has 1 amide bonds. The van der Waals surface area contributed by atoms with Gasteiger partial charge in [0.05, 0.1) is 18.2 Å². The first kappa shape index (κ1) is 26.5. The minimum absolute atomic E-state index is 0.118. The first-order valence-corrected chi connectivity index (χ1v) is 12.7. The van der Waals surface area contributed by atoms with Crippen LogP contribution in [0.2, 0.25) is 18.1 Å². The van der Waals surface area contributed by atoms with Gasteiger partial charge in [0.1, 0.15) is 6.10 Å². The van der Waals surface area contributed by atoms with Crippen LogP contribution < -0.4 is 0 Å². The average Bonchev–Trinajstić information content (AvgIpc) is 2.54. The van der Waals surface area contributed by atoms with Gasteiger partial charge >= 0.3 is 12.3 Å². The maximum Gasteiger partial charge on any atom is 0.416 e. The molecule has 0 aromatic heterocycles.